The molecule has 118 valence electrons. The number of rotatable bonds is 7. The van der Waals surface area contributed by atoms with Gasteiger partial charge in [-0.2, -0.15) is 0 Å². The molecule has 0 atom stereocenters. The summed E-state index contributed by atoms with van der Waals surface area (Å²) in [5, 5.41) is 14.8. The maximum absolute atomic E-state index is 12.2. The number of hydrogen-bond donors (Lipinski definition) is 2. The van der Waals surface area contributed by atoms with Gasteiger partial charge in [0.25, 0.3) is 0 Å². The van der Waals surface area contributed by atoms with Crippen LogP contribution >= 0.6 is 11.3 Å². The van der Waals surface area contributed by atoms with Crippen LogP contribution in [-0.2, 0) is 0 Å². The number of aliphatic hydroxyl groups is 1. The Labute approximate surface area is 134 Å². The van der Waals surface area contributed by atoms with Gasteiger partial charge in [0.05, 0.1) is 6.61 Å². The molecule has 0 spiro atoms. The number of nitrogens with zero attached hydrogens (tertiary/aromatic N) is 2. The van der Waals surface area contributed by atoms with E-state index in [2.05, 4.69) is 17.2 Å². The number of unbranched alkanes of at least 4 members (excludes halogenated alkanes) is 1. The Morgan fingerprint density at radius 1 is 1.32 bits per heavy atom. The van der Waals surface area contributed by atoms with Gasteiger partial charge in [-0.15, -0.1) is 11.3 Å². The minimum Gasteiger partial charge on any atom is -0.395 e. The van der Waals surface area contributed by atoms with E-state index in [1.54, 1.807) is 22.4 Å². The van der Waals surface area contributed by atoms with E-state index in [0.29, 0.717) is 13.1 Å². The first-order valence-electron chi connectivity index (χ1n) is 7.41. The third-order valence-corrected chi connectivity index (χ3v) is 4.08. The van der Waals surface area contributed by atoms with Crippen LogP contribution in [0.2, 0.25) is 0 Å². The lowest BCUT2D eigenvalue weighted by Crippen LogP contribution is -2.37. The maximum atomic E-state index is 12.2. The minimum atomic E-state index is -0.176. The molecule has 1 aromatic carbocycles. The van der Waals surface area contributed by atoms with Crippen LogP contribution in [0.25, 0.3) is 10.6 Å². The van der Waals surface area contributed by atoms with Crippen molar-refractivity contribution >= 4 is 23.1 Å². The van der Waals surface area contributed by atoms with Crippen LogP contribution in [0, 0.1) is 0 Å². The summed E-state index contributed by atoms with van der Waals surface area (Å²) in [6.07, 6.45) is 3.71. The van der Waals surface area contributed by atoms with Crippen molar-refractivity contribution in [2.75, 3.05) is 25.0 Å². The number of urea groups is 1. The Balaban J connectivity index is 1.98. The fourth-order valence-corrected chi connectivity index (χ4v) is 2.69. The van der Waals surface area contributed by atoms with Gasteiger partial charge in [0, 0.05) is 35.9 Å². The Hall–Kier alpha value is -1.92. The predicted octanol–water partition coefficient (Wildman–Crippen LogP) is 3.44. The monoisotopic (exact) mass is 319 g/mol. The first-order chi connectivity index (χ1) is 10.7. The molecule has 0 unspecified atom stereocenters. The van der Waals surface area contributed by atoms with Crippen LogP contribution < -0.4 is 5.32 Å². The number of nitrogens with one attached hydrogen (secondary N) is 1. The zero-order valence-corrected chi connectivity index (χ0v) is 13.5. The van der Waals surface area contributed by atoms with Crippen molar-refractivity contribution in [3.63, 3.8) is 0 Å². The van der Waals surface area contributed by atoms with E-state index < -0.39 is 0 Å². The number of carbonyl (C=O) groups excluding carboxylic acids is 1. The summed E-state index contributed by atoms with van der Waals surface area (Å²) in [4.78, 5) is 18.1. The summed E-state index contributed by atoms with van der Waals surface area (Å²) in [7, 11) is 0. The van der Waals surface area contributed by atoms with Crippen molar-refractivity contribution in [1.82, 2.24) is 9.88 Å². The third kappa shape index (κ3) is 4.54. The van der Waals surface area contributed by atoms with Crippen LogP contribution in [0.3, 0.4) is 0 Å². The molecule has 2 rings (SSSR count). The Morgan fingerprint density at radius 2 is 2.09 bits per heavy atom. The second kappa shape index (κ2) is 8.51. The topological polar surface area (TPSA) is 65.5 Å². The highest BCUT2D eigenvalue weighted by atomic mass is 32.1. The molecule has 2 aromatic rings. The summed E-state index contributed by atoms with van der Waals surface area (Å²) in [6.45, 7) is 3.05. The van der Waals surface area contributed by atoms with Gasteiger partial charge in [-0.1, -0.05) is 13.3 Å². The minimum absolute atomic E-state index is 0.0277. The zero-order valence-electron chi connectivity index (χ0n) is 12.7. The summed E-state index contributed by atoms with van der Waals surface area (Å²) < 4.78 is 0. The number of hydrogen-bond acceptors (Lipinski definition) is 4. The van der Waals surface area contributed by atoms with Gasteiger partial charge in [0.2, 0.25) is 0 Å². The van der Waals surface area contributed by atoms with E-state index in [1.165, 1.54) is 0 Å². The lowest BCUT2D eigenvalue weighted by Gasteiger charge is -2.22. The SMILES string of the molecule is CCCCN(CCO)C(=O)Nc1ccc(-c2nccs2)cc1. The molecule has 0 aliphatic heterocycles. The summed E-state index contributed by atoms with van der Waals surface area (Å²) >= 11 is 1.58. The first kappa shape index (κ1) is 16.5. The molecule has 0 saturated carbocycles. The number of anilines is 1. The highest BCUT2D eigenvalue weighted by molar-refractivity contribution is 7.13. The van der Waals surface area contributed by atoms with Crippen LogP contribution in [0.5, 0.6) is 0 Å². The van der Waals surface area contributed by atoms with Crippen molar-refractivity contribution in [2.24, 2.45) is 0 Å². The number of thiazole rings is 1. The molecule has 0 aliphatic rings. The Morgan fingerprint density at radius 3 is 2.68 bits per heavy atom. The van der Waals surface area contributed by atoms with Gasteiger partial charge >= 0.3 is 6.03 Å². The maximum Gasteiger partial charge on any atom is 0.321 e. The van der Waals surface area contributed by atoms with Crippen molar-refractivity contribution in [3.8, 4) is 10.6 Å². The molecule has 0 fully saturated rings. The summed E-state index contributed by atoms with van der Waals surface area (Å²) in [6, 6.07) is 7.44. The number of carbonyl (C=O) groups is 1. The summed E-state index contributed by atoms with van der Waals surface area (Å²) in [5.41, 5.74) is 1.77. The second-order valence-corrected chi connectivity index (χ2v) is 5.80. The van der Waals surface area contributed by atoms with E-state index in [0.717, 1.165) is 29.1 Å². The fraction of sp³-hybridized carbons (Fsp3) is 0.375. The normalized spacial score (nSPS) is 10.5. The molecule has 0 saturated heterocycles. The molecule has 6 heteroatoms. The van der Waals surface area contributed by atoms with E-state index >= 15 is 0 Å². The van der Waals surface area contributed by atoms with Gasteiger partial charge in [-0.3, -0.25) is 0 Å². The number of benzene rings is 1. The van der Waals surface area contributed by atoms with Gasteiger partial charge in [0.15, 0.2) is 0 Å². The van der Waals surface area contributed by atoms with Crippen LogP contribution in [-0.4, -0.2) is 40.7 Å². The van der Waals surface area contributed by atoms with E-state index in [1.807, 2.05) is 29.6 Å². The Kier molecular flexibility index (Phi) is 6.36. The van der Waals surface area contributed by atoms with Crippen LogP contribution in [0.1, 0.15) is 19.8 Å². The van der Waals surface area contributed by atoms with Gasteiger partial charge in [-0.05, 0) is 30.7 Å². The fourth-order valence-electron chi connectivity index (χ4n) is 2.05. The van der Waals surface area contributed by atoms with Crippen molar-refractivity contribution in [3.05, 3.63) is 35.8 Å². The van der Waals surface area contributed by atoms with E-state index in [-0.39, 0.29) is 12.6 Å². The average molecular weight is 319 g/mol. The van der Waals surface area contributed by atoms with Crippen LogP contribution in [0.15, 0.2) is 35.8 Å². The molecule has 22 heavy (non-hydrogen) atoms. The standard InChI is InChI=1S/C16H21N3O2S/c1-2-3-9-19(10-11-20)16(21)18-14-6-4-13(5-7-14)15-17-8-12-22-15/h4-8,12,20H,2-3,9-11H2,1H3,(H,18,21). The highest BCUT2D eigenvalue weighted by Crippen LogP contribution is 2.23. The molecular formula is C16H21N3O2S. The first-order valence-corrected chi connectivity index (χ1v) is 8.29. The van der Waals surface area contributed by atoms with Crippen LogP contribution in [0.4, 0.5) is 10.5 Å². The van der Waals surface area contributed by atoms with Gasteiger partial charge in [0.1, 0.15) is 5.01 Å². The molecule has 1 heterocycles. The quantitative estimate of drug-likeness (QED) is 0.821. The average Bonchev–Trinajstić information content (AvgIpc) is 3.06. The molecule has 1 aromatic heterocycles. The molecule has 0 aliphatic carbocycles. The molecule has 0 radical (unpaired) electrons. The third-order valence-electron chi connectivity index (χ3n) is 3.25. The second-order valence-electron chi connectivity index (χ2n) is 4.91. The van der Waals surface area contributed by atoms with E-state index in [9.17, 15) is 4.79 Å². The molecule has 2 N–H and O–H groups in total. The van der Waals surface area contributed by atoms with Gasteiger partial charge in [-0.25, -0.2) is 9.78 Å². The van der Waals surface area contributed by atoms with Crippen molar-refractivity contribution < 1.29 is 9.90 Å². The lowest BCUT2D eigenvalue weighted by atomic mass is 10.2. The smallest absolute Gasteiger partial charge is 0.321 e. The predicted molar refractivity (Wildman–Crippen MR) is 90.1 cm³/mol. The molecule has 5 nitrogen and oxygen atoms in total. The van der Waals surface area contributed by atoms with E-state index in [4.69, 9.17) is 5.11 Å². The lowest BCUT2D eigenvalue weighted by molar-refractivity contribution is 0.187. The molecular weight excluding hydrogens is 298 g/mol. The number of aromatic nitrogens is 1. The zero-order chi connectivity index (χ0) is 15.8. The molecule has 2 amide bonds. The Bertz CT molecular complexity index is 570. The largest absolute Gasteiger partial charge is 0.395 e. The number of amides is 2. The summed E-state index contributed by atoms with van der Waals surface area (Å²) in [5.74, 6) is 0. The van der Waals surface area contributed by atoms with Crippen molar-refractivity contribution in [1.29, 1.82) is 0 Å². The van der Waals surface area contributed by atoms with Gasteiger partial charge < -0.3 is 15.3 Å². The highest BCUT2D eigenvalue weighted by Gasteiger charge is 2.12. The van der Waals surface area contributed by atoms with Crippen molar-refractivity contribution in [2.45, 2.75) is 19.8 Å². The molecule has 0 bridgehead atoms. The number of aliphatic hydroxyl groups excluding tert-OH is 1.